The minimum absolute atomic E-state index is 0.229. The molecule has 0 unspecified atom stereocenters. The number of ether oxygens (including phenoxy) is 1. The van der Waals surface area contributed by atoms with Crippen LogP contribution in [-0.2, 0) is 13.0 Å². The van der Waals surface area contributed by atoms with Gasteiger partial charge in [0.2, 0.25) is 0 Å². The number of ketones is 1. The first kappa shape index (κ1) is 12.8. The maximum absolute atomic E-state index is 12.0. The summed E-state index contributed by atoms with van der Waals surface area (Å²) in [6, 6.07) is 9.89. The molecule has 1 aliphatic carbocycles. The molecule has 3 nitrogen and oxygen atoms in total. The molecule has 2 aromatic rings. The Bertz CT molecular complexity index is 752. The first-order valence-electron chi connectivity index (χ1n) is 7.04. The maximum atomic E-state index is 12.0. The number of thiol groups is 1. The third-order valence-corrected chi connectivity index (χ3v) is 4.42. The zero-order chi connectivity index (χ0) is 14.4. The highest BCUT2D eigenvalue weighted by atomic mass is 32.1. The monoisotopic (exact) mass is 298 g/mol. The van der Waals surface area contributed by atoms with Crippen molar-refractivity contribution in [3.63, 3.8) is 0 Å². The highest BCUT2D eigenvalue weighted by molar-refractivity contribution is 7.75. The fourth-order valence-corrected chi connectivity index (χ4v) is 3.27. The SMILES string of the molecule is O=C1CCCc2cc3c(cc21)OCc1cc(OS)ccc1-3. The molecule has 21 heavy (non-hydrogen) atoms. The van der Waals surface area contributed by atoms with Gasteiger partial charge in [-0.3, -0.25) is 4.79 Å². The van der Waals surface area contributed by atoms with Crippen molar-refractivity contribution in [2.45, 2.75) is 25.9 Å². The summed E-state index contributed by atoms with van der Waals surface area (Å²) >= 11 is 3.83. The quantitative estimate of drug-likeness (QED) is 0.639. The molecule has 0 saturated heterocycles. The Hall–Kier alpha value is -1.94. The van der Waals surface area contributed by atoms with Crippen LogP contribution >= 0.6 is 12.9 Å². The number of benzene rings is 2. The molecule has 0 N–H and O–H groups in total. The predicted octanol–water partition coefficient (Wildman–Crippen LogP) is 3.99. The van der Waals surface area contributed by atoms with E-state index in [9.17, 15) is 4.79 Å². The largest absolute Gasteiger partial charge is 0.488 e. The number of hydrogen-bond donors (Lipinski definition) is 1. The van der Waals surface area contributed by atoms with Crippen LogP contribution in [-0.4, -0.2) is 5.78 Å². The number of hydrogen-bond acceptors (Lipinski definition) is 4. The number of Topliss-reactive ketones (excluding diaryl/α,β-unsaturated/α-hetero) is 1. The van der Waals surface area contributed by atoms with Gasteiger partial charge in [0, 0.05) is 36.0 Å². The van der Waals surface area contributed by atoms with Crippen LogP contribution in [0, 0.1) is 0 Å². The summed E-state index contributed by atoms with van der Waals surface area (Å²) in [5.41, 5.74) is 5.26. The van der Waals surface area contributed by atoms with Crippen LogP contribution in [0.1, 0.15) is 34.3 Å². The van der Waals surface area contributed by atoms with Crippen LogP contribution in [0.4, 0.5) is 0 Å². The number of fused-ring (bicyclic) bond motifs is 4. The van der Waals surface area contributed by atoms with Gasteiger partial charge in [0.05, 0.1) is 0 Å². The van der Waals surface area contributed by atoms with Gasteiger partial charge in [0.1, 0.15) is 18.1 Å². The van der Waals surface area contributed by atoms with Crippen LogP contribution in [0.3, 0.4) is 0 Å². The number of carbonyl (C=O) groups excluding carboxylic acids is 1. The average molecular weight is 298 g/mol. The van der Waals surface area contributed by atoms with E-state index in [1.165, 1.54) is 0 Å². The molecule has 4 rings (SSSR count). The van der Waals surface area contributed by atoms with Crippen molar-refractivity contribution in [1.29, 1.82) is 0 Å². The van der Waals surface area contributed by atoms with Gasteiger partial charge in [-0.1, -0.05) is 6.07 Å². The summed E-state index contributed by atoms with van der Waals surface area (Å²) in [6.07, 6.45) is 2.54. The summed E-state index contributed by atoms with van der Waals surface area (Å²) in [5, 5.41) is 0. The van der Waals surface area contributed by atoms with Gasteiger partial charge >= 0.3 is 0 Å². The Morgan fingerprint density at radius 2 is 1.90 bits per heavy atom. The van der Waals surface area contributed by atoms with Crippen molar-refractivity contribution in [3.05, 3.63) is 47.0 Å². The van der Waals surface area contributed by atoms with Crippen LogP contribution in [0.5, 0.6) is 11.5 Å². The van der Waals surface area contributed by atoms with E-state index in [1.54, 1.807) is 0 Å². The molecule has 4 heteroatoms. The van der Waals surface area contributed by atoms with E-state index >= 15 is 0 Å². The molecule has 1 aliphatic heterocycles. The Morgan fingerprint density at radius 3 is 2.76 bits per heavy atom. The normalized spacial score (nSPS) is 15.6. The topological polar surface area (TPSA) is 35.5 Å². The Morgan fingerprint density at radius 1 is 1.00 bits per heavy atom. The molecular weight excluding hydrogens is 284 g/mol. The van der Waals surface area contributed by atoms with Gasteiger partial charge in [0.25, 0.3) is 0 Å². The van der Waals surface area contributed by atoms with E-state index in [1.807, 2.05) is 24.3 Å². The van der Waals surface area contributed by atoms with E-state index in [4.69, 9.17) is 8.92 Å². The zero-order valence-corrected chi connectivity index (χ0v) is 12.3. The number of rotatable bonds is 1. The summed E-state index contributed by atoms with van der Waals surface area (Å²) < 4.78 is 10.8. The van der Waals surface area contributed by atoms with E-state index < -0.39 is 0 Å². The molecule has 106 valence electrons. The molecule has 0 spiro atoms. The molecular formula is C17H14O3S. The van der Waals surface area contributed by atoms with Crippen LogP contribution in [0.2, 0.25) is 0 Å². The Kier molecular flexibility index (Phi) is 2.93. The van der Waals surface area contributed by atoms with Gasteiger partial charge in [0.15, 0.2) is 5.78 Å². The lowest BCUT2D eigenvalue weighted by atomic mass is 9.86. The van der Waals surface area contributed by atoms with Gasteiger partial charge in [-0.15, -0.1) is 0 Å². The second-order valence-corrected chi connectivity index (χ2v) is 5.66. The van der Waals surface area contributed by atoms with E-state index in [2.05, 4.69) is 19.0 Å². The van der Waals surface area contributed by atoms with Gasteiger partial charge < -0.3 is 8.92 Å². The summed E-state index contributed by atoms with van der Waals surface area (Å²) in [5.74, 6) is 1.74. The third-order valence-electron chi connectivity index (χ3n) is 4.21. The van der Waals surface area contributed by atoms with Crippen molar-refractivity contribution < 1.29 is 13.7 Å². The summed E-state index contributed by atoms with van der Waals surface area (Å²) in [4.78, 5) is 12.0. The van der Waals surface area contributed by atoms with Crippen LogP contribution < -0.4 is 8.92 Å². The van der Waals surface area contributed by atoms with Gasteiger partial charge in [-0.25, -0.2) is 0 Å². The predicted molar refractivity (Wildman–Crippen MR) is 83.1 cm³/mol. The van der Waals surface area contributed by atoms with Crippen LogP contribution in [0.25, 0.3) is 11.1 Å². The van der Waals surface area contributed by atoms with E-state index in [0.29, 0.717) is 18.8 Å². The molecule has 2 aromatic carbocycles. The standard InChI is InChI=1S/C17H14O3S/c18-16-3-1-2-10-7-15-13-5-4-12(20-21)6-11(13)9-19-17(15)8-14(10)16/h4-8,21H,1-3,9H2. The Labute approximate surface area is 128 Å². The lowest BCUT2D eigenvalue weighted by molar-refractivity contribution is 0.0972. The van der Waals surface area contributed by atoms with Gasteiger partial charge in [-0.2, -0.15) is 0 Å². The second kappa shape index (κ2) is 4.81. The molecule has 0 fully saturated rings. The van der Waals surface area contributed by atoms with Crippen molar-refractivity contribution in [2.75, 3.05) is 0 Å². The van der Waals surface area contributed by atoms with Crippen molar-refractivity contribution in [1.82, 2.24) is 0 Å². The minimum atomic E-state index is 0.229. The second-order valence-electron chi connectivity index (χ2n) is 5.48. The Balaban J connectivity index is 1.89. The highest BCUT2D eigenvalue weighted by Gasteiger charge is 2.24. The molecule has 0 atom stereocenters. The molecule has 0 radical (unpaired) electrons. The third kappa shape index (κ3) is 2.02. The molecule has 0 saturated carbocycles. The lowest BCUT2D eigenvalue weighted by Crippen LogP contribution is -2.13. The number of aryl methyl sites for hydroxylation is 1. The van der Waals surface area contributed by atoms with Crippen LogP contribution in [0.15, 0.2) is 30.3 Å². The number of carbonyl (C=O) groups is 1. The average Bonchev–Trinajstić information content (AvgIpc) is 2.53. The van der Waals surface area contributed by atoms with Gasteiger partial charge in [-0.05, 0) is 48.2 Å². The summed E-state index contributed by atoms with van der Waals surface area (Å²) in [6.45, 7) is 0.486. The maximum Gasteiger partial charge on any atom is 0.163 e. The molecule has 2 aliphatic rings. The molecule has 0 aromatic heterocycles. The van der Waals surface area contributed by atoms with Crippen molar-refractivity contribution >= 4 is 18.7 Å². The van der Waals surface area contributed by atoms with Crippen molar-refractivity contribution in [2.24, 2.45) is 0 Å². The van der Waals surface area contributed by atoms with Crippen molar-refractivity contribution in [3.8, 4) is 22.6 Å². The van der Waals surface area contributed by atoms with E-state index in [0.717, 1.165) is 46.4 Å². The first-order valence-corrected chi connectivity index (χ1v) is 7.40. The molecule has 0 bridgehead atoms. The smallest absolute Gasteiger partial charge is 0.163 e. The minimum Gasteiger partial charge on any atom is -0.488 e. The molecule has 1 heterocycles. The first-order chi connectivity index (χ1) is 10.3. The highest BCUT2D eigenvalue weighted by Crippen LogP contribution is 2.41. The zero-order valence-electron chi connectivity index (χ0n) is 11.4. The summed E-state index contributed by atoms with van der Waals surface area (Å²) in [7, 11) is 0. The fourth-order valence-electron chi connectivity index (χ4n) is 3.16. The lowest BCUT2D eigenvalue weighted by Gasteiger charge is -2.24. The van der Waals surface area contributed by atoms with E-state index in [-0.39, 0.29) is 5.78 Å². The fraction of sp³-hybridized carbons (Fsp3) is 0.235. The molecule has 0 amide bonds.